The third-order valence-corrected chi connectivity index (χ3v) is 6.44. The largest absolute Gasteiger partial charge is 0.388 e. The summed E-state index contributed by atoms with van der Waals surface area (Å²) in [4.78, 5) is 29.8. The normalized spacial score (nSPS) is 15.3. The van der Waals surface area contributed by atoms with Crippen molar-refractivity contribution in [3.05, 3.63) is 87.9 Å². The molecule has 4 rings (SSSR count). The summed E-state index contributed by atoms with van der Waals surface area (Å²) in [6, 6.07) is 18.0. The molecule has 1 heterocycles. The number of aryl methyl sites for hydroxylation is 1. The number of halogens is 1. The number of nitrogens with one attached hydrogen (secondary N) is 1. The van der Waals surface area contributed by atoms with E-state index in [1.54, 1.807) is 29.2 Å². The second-order valence-corrected chi connectivity index (χ2v) is 9.12. The van der Waals surface area contributed by atoms with E-state index in [0.29, 0.717) is 41.9 Å². The molecule has 0 radical (unpaired) electrons. The summed E-state index contributed by atoms with van der Waals surface area (Å²) in [5.74, 6) is -0.477. The number of aliphatic hydroxyl groups excluding tert-OH is 1. The van der Waals surface area contributed by atoms with Crippen molar-refractivity contribution in [2.75, 3.05) is 35.8 Å². The van der Waals surface area contributed by atoms with Crippen LogP contribution in [0.4, 0.5) is 17.1 Å². The van der Waals surface area contributed by atoms with E-state index in [1.807, 2.05) is 62.3 Å². The maximum atomic E-state index is 13.5. The highest BCUT2D eigenvalue weighted by Crippen LogP contribution is 2.37. The first kappa shape index (κ1) is 23.8. The number of fused-ring (bicyclic) bond motifs is 1. The fourth-order valence-corrected chi connectivity index (χ4v) is 4.46. The number of carbonyl (C=O) groups excluding carboxylic acids is 2. The van der Waals surface area contributed by atoms with E-state index in [1.165, 1.54) is 0 Å². The lowest BCUT2D eigenvalue weighted by Gasteiger charge is -2.25. The van der Waals surface area contributed by atoms with Crippen LogP contribution in [0, 0.1) is 6.92 Å². The van der Waals surface area contributed by atoms with Crippen LogP contribution in [0.25, 0.3) is 0 Å². The van der Waals surface area contributed by atoms with Crippen molar-refractivity contribution in [3.8, 4) is 0 Å². The smallest absolute Gasteiger partial charge is 0.259 e. The summed E-state index contributed by atoms with van der Waals surface area (Å²) in [6.07, 6.45) is 0.606. The lowest BCUT2D eigenvalue weighted by Crippen LogP contribution is -2.32. The Bertz CT molecular complexity index is 1240. The quantitative estimate of drug-likeness (QED) is 0.524. The zero-order chi connectivity index (χ0) is 24.4. The molecule has 2 amide bonds. The molecule has 34 heavy (non-hydrogen) atoms. The van der Waals surface area contributed by atoms with Gasteiger partial charge in [0, 0.05) is 48.8 Å². The molecule has 7 heteroatoms. The summed E-state index contributed by atoms with van der Waals surface area (Å²) in [7, 11) is 3.87. The molecule has 2 N–H and O–H groups in total. The number of nitrogens with zero attached hydrogens (tertiary/aromatic N) is 2. The predicted molar refractivity (Wildman–Crippen MR) is 137 cm³/mol. The Kier molecular flexibility index (Phi) is 6.91. The average Bonchev–Trinajstić information content (AvgIpc) is 2.97. The highest BCUT2D eigenvalue weighted by Gasteiger charge is 2.28. The second-order valence-electron chi connectivity index (χ2n) is 8.72. The molecule has 0 bridgehead atoms. The van der Waals surface area contributed by atoms with Gasteiger partial charge in [0.25, 0.3) is 11.8 Å². The molecule has 0 spiro atoms. The Labute approximate surface area is 204 Å². The third kappa shape index (κ3) is 4.79. The van der Waals surface area contributed by atoms with E-state index in [-0.39, 0.29) is 16.8 Å². The molecule has 3 aromatic rings. The molecule has 0 fully saturated rings. The SMILES string of the molecule is Cc1ccccc1C(=O)Nc1ccc(C(=O)N2CCCC(O)c3cc(N(C)C)ccc32)c(Cl)c1. The number of aliphatic hydroxyl groups is 1. The van der Waals surface area contributed by atoms with E-state index in [9.17, 15) is 14.7 Å². The molecule has 1 aliphatic heterocycles. The van der Waals surface area contributed by atoms with Gasteiger partial charge in [0.1, 0.15) is 0 Å². The Morgan fingerprint density at radius 1 is 1.06 bits per heavy atom. The number of carbonyl (C=O) groups is 2. The molecule has 0 aliphatic carbocycles. The molecular weight excluding hydrogens is 450 g/mol. The van der Waals surface area contributed by atoms with Gasteiger partial charge in [0.05, 0.1) is 16.7 Å². The van der Waals surface area contributed by atoms with E-state index in [2.05, 4.69) is 5.32 Å². The summed E-state index contributed by atoms with van der Waals surface area (Å²) in [6.45, 7) is 2.35. The van der Waals surface area contributed by atoms with Crippen LogP contribution in [-0.4, -0.2) is 37.6 Å². The van der Waals surface area contributed by atoms with Crippen molar-refractivity contribution in [3.63, 3.8) is 0 Å². The van der Waals surface area contributed by atoms with Gasteiger partial charge in [-0.05, 0) is 67.8 Å². The van der Waals surface area contributed by atoms with E-state index in [0.717, 1.165) is 16.8 Å². The zero-order valence-corrected chi connectivity index (χ0v) is 20.3. The Morgan fingerprint density at radius 2 is 1.82 bits per heavy atom. The van der Waals surface area contributed by atoms with Crippen molar-refractivity contribution in [2.45, 2.75) is 25.9 Å². The molecule has 1 unspecified atom stereocenters. The average molecular weight is 478 g/mol. The van der Waals surface area contributed by atoms with Crippen LogP contribution >= 0.6 is 11.6 Å². The monoisotopic (exact) mass is 477 g/mol. The van der Waals surface area contributed by atoms with Gasteiger partial charge in [0.15, 0.2) is 0 Å². The van der Waals surface area contributed by atoms with Gasteiger partial charge in [-0.2, -0.15) is 0 Å². The van der Waals surface area contributed by atoms with Gasteiger partial charge in [0.2, 0.25) is 0 Å². The van der Waals surface area contributed by atoms with Gasteiger partial charge in [-0.1, -0.05) is 29.8 Å². The summed E-state index contributed by atoms with van der Waals surface area (Å²) >= 11 is 6.51. The first-order chi connectivity index (χ1) is 16.3. The molecule has 176 valence electrons. The topological polar surface area (TPSA) is 72.9 Å². The predicted octanol–water partition coefficient (Wildman–Crippen LogP) is 5.44. The first-order valence-electron chi connectivity index (χ1n) is 11.2. The number of hydrogen-bond donors (Lipinski definition) is 2. The summed E-state index contributed by atoms with van der Waals surface area (Å²) in [5, 5.41) is 13.8. The minimum atomic E-state index is -0.637. The highest BCUT2D eigenvalue weighted by molar-refractivity contribution is 6.35. The summed E-state index contributed by atoms with van der Waals surface area (Å²) in [5.41, 5.74) is 4.68. The minimum Gasteiger partial charge on any atom is -0.388 e. The maximum Gasteiger partial charge on any atom is 0.259 e. The molecule has 0 aromatic heterocycles. The standard InChI is InChI=1S/C27H28ClN3O3/c1-17-7-4-5-8-20(17)26(33)29-18-10-12-21(23(28)15-18)27(34)31-14-6-9-25(32)22-16-19(30(2)3)11-13-24(22)31/h4-5,7-8,10-13,15-16,25,32H,6,9,14H2,1-3H3,(H,29,33). The second kappa shape index (κ2) is 9.87. The fraction of sp³-hybridized carbons (Fsp3) is 0.259. The summed E-state index contributed by atoms with van der Waals surface area (Å²) < 4.78 is 0. The van der Waals surface area contributed by atoms with Gasteiger partial charge in [-0.15, -0.1) is 0 Å². The van der Waals surface area contributed by atoms with Crippen LogP contribution in [0.1, 0.15) is 50.8 Å². The lowest BCUT2D eigenvalue weighted by molar-refractivity contribution is 0.0985. The van der Waals surface area contributed by atoms with Crippen LogP contribution in [0.15, 0.2) is 60.7 Å². The van der Waals surface area contributed by atoms with Crippen LogP contribution in [0.5, 0.6) is 0 Å². The van der Waals surface area contributed by atoms with Gasteiger partial charge in [-0.25, -0.2) is 0 Å². The maximum absolute atomic E-state index is 13.5. The minimum absolute atomic E-state index is 0.236. The van der Waals surface area contributed by atoms with Gasteiger partial charge < -0.3 is 20.2 Å². The molecule has 1 atom stereocenters. The van der Waals surface area contributed by atoms with Crippen LogP contribution < -0.4 is 15.1 Å². The Balaban J connectivity index is 1.60. The molecule has 0 saturated carbocycles. The van der Waals surface area contributed by atoms with Crippen LogP contribution in [0.2, 0.25) is 5.02 Å². The first-order valence-corrected chi connectivity index (χ1v) is 11.6. The third-order valence-electron chi connectivity index (χ3n) is 6.13. The number of hydrogen-bond acceptors (Lipinski definition) is 4. The molecular formula is C27H28ClN3O3. The molecule has 0 saturated heterocycles. The Morgan fingerprint density at radius 3 is 2.53 bits per heavy atom. The molecule has 3 aromatic carbocycles. The number of rotatable bonds is 4. The van der Waals surface area contributed by atoms with E-state index >= 15 is 0 Å². The van der Waals surface area contributed by atoms with E-state index < -0.39 is 6.10 Å². The van der Waals surface area contributed by atoms with Crippen molar-refractivity contribution in [2.24, 2.45) is 0 Å². The van der Waals surface area contributed by atoms with Crippen LogP contribution in [0.3, 0.4) is 0 Å². The van der Waals surface area contributed by atoms with Gasteiger partial charge in [-0.3, -0.25) is 9.59 Å². The van der Waals surface area contributed by atoms with Crippen molar-refractivity contribution in [1.29, 1.82) is 0 Å². The zero-order valence-electron chi connectivity index (χ0n) is 19.5. The van der Waals surface area contributed by atoms with Crippen molar-refractivity contribution < 1.29 is 14.7 Å². The number of benzene rings is 3. The van der Waals surface area contributed by atoms with Gasteiger partial charge >= 0.3 is 0 Å². The lowest BCUT2D eigenvalue weighted by atomic mass is 10.0. The Hall–Kier alpha value is -3.35. The number of amides is 2. The fourth-order valence-electron chi connectivity index (χ4n) is 4.20. The van der Waals surface area contributed by atoms with Crippen molar-refractivity contribution >= 4 is 40.5 Å². The number of anilines is 3. The van der Waals surface area contributed by atoms with Crippen molar-refractivity contribution in [1.82, 2.24) is 0 Å². The highest BCUT2D eigenvalue weighted by atomic mass is 35.5. The van der Waals surface area contributed by atoms with E-state index in [4.69, 9.17) is 11.6 Å². The molecule has 1 aliphatic rings. The molecule has 6 nitrogen and oxygen atoms in total. The van der Waals surface area contributed by atoms with Crippen LogP contribution in [-0.2, 0) is 0 Å².